The minimum absolute atomic E-state index is 0.0492. The second-order valence-corrected chi connectivity index (χ2v) is 10.4. The van der Waals surface area contributed by atoms with E-state index in [1.807, 2.05) is 12.1 Å². The number of rotatable bonds is 6. The first-order chi connectivity index (χ1) is 15.3. The summed E-state index contributed by atoms with van der Waals surface area (Å²) in [4.78, 5) is 12.3. The van der Waals surface area contributed by atoms with E-state index < -0.39 is 15.9 Å². The summed E-state index contributed by atoms with van der Waals surface area (Å²) in [6, 6.07) is 13.5. The molecule has 1 aliphatic rings. The predicted octanol–water partition coefficient (Wildman–Crippen LogP) is 4.82. The maximum atomic E-state index is 12.9. The number of anilines is 1. The Kier molecular flexibility index (Phi) is 8.42. The van der Waals surface area contributed by atoms with Crippen LogP contribution in [-0.2, 0) is 14.8 Å². The number of carbonyl (C=O) groups is 1. The van der Waals surface area contributed by atoms with Crippen LogP contribution in [0.3, 0.4) is 0 Å². The molecule has 0 atom stereocenters. The quantitative estimate of drug-likeness (QED) is 0.447. The lowest BCUT2D eigenvalue weighted by molar-refractivity contribution is -0.115. The van der Waals surface area contributed by atoms with Crippen LogP contribution < -0.4 is 10.6 Å². The molecule has 0 saturated heterocycles. The van der Waals surface area contributed by atoms with Gasteiger partial charge in [0.15, 0.2) is 5.11 Å². The van der Waals surface area contributed by atoms with Crippen LogP contribution in [0.4, 0.5) is 5.69 Å². The molecule has 2 aromatic carbocycles. The van der Waals surface area contributed by atoms with Crippen LogP contribution in [0.15, 0.2) is 59.5 Å². The largest absolute Gasteiger partial charge is 0.332 e. The second kappa shape index (κ2) is 11.0. The van der Waals surface area contributed by atoms with Crippen LogP contribution in [0.2, 0.25) is 5.02 Å². The molecule has 1 aliphatic carbocycles. The number of nitrogens with zero attached hydrogens (tertiary/aromatic N) is 1. The van der Waals surface area contributed by atoms with Crippen molar-refractivity contribution < 1.29 is 13.2 Å². The summed E-state index contributed by atoms with van der Waals surface area (Å²) >= 11 is 11.2. The smallest absolute Gasteiger partial charge is 0.250 e. The minimum Gasteiger partial charge on any atom is -0.332 e. The number of amides is 1. The van der Waals surface area contributed by atoms with Crippen molar-refractivity contribution in [3.63, 3.8) is 0 Å². The third kappa shape index (κ3) is 6.38. The van der Waals surface area contributed by atoms with E-state index in [1.165, 1.54) is 10.4 Å². The molecule has 170 valence electrons. The summed E-state index contributed by atoms with van der Waals surface area (Å²) in [5.74, 6) is -0.407. The Morgan fingerprint density at radius 1 is 1.09 bits per heavy atom. The molecule has 0 unspecified atom stereocenters. The highest BCUT2D eigenvalue weighted by Crippen LogP contribution is 2.27. The molecule has 0 spiro atoms. The van der Waals surface area contributed by atoms with Gasteiger partial charge in [-0.25, -0.2) is 8.42 Å². The monoisotopic (exact) mass is 491 g/mol. The van der Waals surface area contributed by atoms with Crippen LogP contribution in [0.1, 0.15) is 37.7 Å². The molecular formula is C23H26ClN3O3S2. The zero-order valence-electron chi connectivity index (χ0n) is 17.8. The fraction of sp³-hybridized carbons (Fsp3) is 0.304. The molecule has 1 amide bonds. The summed E-state index contributed by atoms with van der Waals surface area (Å²) < 4.78 is 27.3. The molecular weight excluding hydrogens is 466 g/mol. The summed E-state index contributed by atoms with van der Waals surface area (Å²) in [6.45, 7) is 0. The molecule has 6 nitrogen and oxygen atoms in total. The number of sulfonamides is 1. The summed E-state index contributed by atoms with van der Waals surface area (Å²) in [7, 11) is -1.91. The number of benzene rings is 2. The zero-order chi connectivity index (χ0) is 23.1. The lowest BCUT2D eigenvalue weighted by atomic mass is 9.96. The van der Waals surface area contributed by atoms with Crippen molar-refractivity contribution in [2.24, 2.45) is 0 Å². The van der Waals surface area contributed by atoms with Gasteiger partial charge in [-0.15, -0.1) is 0 Å². The van der Waals surface area contributed by atoms with Gasteiger partial charge >= 0.3 is 0 Å². The second-order valence-electron chi connectivity index (χ2n) is 7.64. The van der Waals surface area contributed by atoms with Crippen LogP contribution in [0.25, 0.3) is 6.08 Å². The van der Waals surface area contributed by atoms with Crippen LogP contribution in [0.5, 0.6) is 0 Å². The minimum atomic E-state index is -3.56. The Hall–Kier alpha value is -2.26. The van der Waals surface area contributed by atoms with E-state index in [0.29, 0.717) is 10.7 Å². The SMILES string of the molecule is CN(C1CCCCC1)S(=O)(=O)c1ccc(NC(=S)NC(=O)C=Cc2ccccc2Cl)cc1. The predicted molar refractivity (Wildman–Crippen MR) is 133 cm³/mol. The molecule has 32 heavy (non-hydrogen) atoms. The number of halogens is 1. The Morgan fingerprint density at radius 3 is 2.41 bits per heavy atom. The Labute approximate surface area is 199 Å². The van der Waals surface area contributed by atoms with Gasteiger partial charge in [-0.2, -0.15) is 4.31 Å². The third-order valence-corrected chi connectivity index (χ3v) is 7.91. The molecule has 2 N–H and O–H groups in total. The highest BCUT2D eigenvalue weighted by Gasteiger charge is 2.28. The van der Waals surface area contributed by atoms with Gasteiger partial charge in [-0.05, 0) is 67.0 Å². The van der Waals surface area contributed by atoms with Crippen molar-refractivity contribution in [2.75, 3.05) is 12.4 Å². The Bertz CT molecular complexity index is 1100. The van der Waals surface area contributed by atoms with Crippen LogP contribution in [0, 0.1) is 0 Å². The van der Waals surface area contributed by atoms with E-state index in [9.17, 15) is 13.2 Å². The molecule has 2 aromatic rings. The first kappa shape index (κ1) is 24.4. The van der Waals surface area contributed by atoms with Crippen LogP contribution in [-0.4, -0.2) is 36.8 Å². The molecule has 1 fully saturated rings. The Balaban J connectivity index is 1.57. The number of hydrogen-bond acceptors (Lipinski definition) is 4. The van der Waals surface area contributed by atoms with Gasteiger partial charge in [0.2, 0.25) is 15.9 Å². The number of hydrogen-bond donors (Lipinski definition) is 2. The van der Waals surface area contributed by atoms with Crippen molar-refractivity contribution in [1.82, 2.24) is 9.62 Å². The van der Waals surface area contributed by atoms with Gasteiger partial charge in [0.05, 0.1) is 4.90 Å². The van der Waals surface area contributed by atoms with E-state index in [1.54, 1.807) is 49.5 Å². The lowest BCUT2D eigenvalue weighted by Gasteiger charge is -2.30. The van der Waals surface area contributed by atoms with Crippen molar-refractivity contribution in [2.45, 2.75) is 43.0 Å². The molecule has 1 saturated carbocycles. The van der Waals surface area contributed by atoms with Crippen LogP contribution >= 0.6 is 23.8 Å². The average Bonchev–Trinajstić information content (AvgIpc) is 2.79. The summed E-state index contributed by atoms with van der Waals surface area (Å²) in [6.07, 6.45) is 8.02. The molecule has 0 radical (unpaired) electrons. The summed E-state index contributed by atoms with van der Waals surface area (Å²) in [5.41, 5.74) is 1.29. The fourth-order valence-corrected chi connectivity index (χ4v) is 5.44. The fourth-order valence-electron chi connectivity index (χ4n) is 3.61. The standard InChI is InChI=1S/C23H26ClN3O3S2/c1-27(19-8-3-2-4-9-19)32(29,30)20-14-12-18(13-15-20)25-23(31)26-22(28)16-11-17-7-5-6-10-21(17)24/h5-7,10-16,19H,2-4,8-9H2,1H3,(H2,25,26,28,31). The average molecular weight is 492 g/mol. The van der Waals surface area contributed by atoms with E-state index in [4.69, 9.17) is 23.8 Å². The van der Waals surface area contributed by atoms with Crippen molar-refractivity contribution in [3.8, 4) is 0 Å². The highest BCUT2D eigenvalue weighted by atomic mass is 35.5. The van der Waals surface area contributed by atoms with Gasteiger partial charge in [0.25, 0.3) is 0 Å². The van der Waals surface area contributed by atoms with Crippen molar-refractivity contribution in [3.05, 3.63) is 65.2 Å². The van der Waals surface area contributed by atoms with Gasteiger partial charge in [0.1, 0.15) is 0 Å². The molecule has 0 bridgehead atoms. The zero-order valence-corrected chi connectivity index (χ0v) is 20.1. The first-order valence-electron chi connectivity index (χ1n) is 10.4. The third-order valence-electron chi connectivity index (χ3n) is 5.43. The number of carbonyl (C=O) groups excluding carboxylic acids is 1. The maximum Gasteiger partial charge on any atom is 0.250 e. The molecule has 0 heterocycles. The molecule has 9 heteroatoms. The highest BCUT2D eigenvalue weighted by molar-refractivity contribution is 7.89. The van der Waals surface area contributed by atoms with Gasteiger partial charge in [-0.3, -0.25) is 10.1 Å². The van der Waals surface area contributed by atoms with Gasteiger partial charge in [0, 0.05) is 29.9 Å². The number of nitrogens with one attached hydrogen (secondary N) is 2. The van der Waals surface area contributed by atoms with E-state index in [2.05, 4.69) is 10.6 Å². The van der Waals surface area contributed by atoms with E-state index in [-0.39, 0.29) is 16.0 Å². The molecule has 0 aromatic heterocycles. The molecule has 3 rings (SSSR count). The van der Waals surface area contributed by atoms with Gasteiger partial charge in [-0.1, -0.05) is 49.1 Å². The van der Waals surface area contributed by atoms with Gasteiger partial charge < -0.3 is 5.32 Å². The molecule has 0 aliphatic heterocycles. The first-order valence-corrected chi connectivity index (χ1v) is 12.6. The topological polar surface area (TPSA) is 78.5 Å². The van der Waals surface area contributed by atoms with E-state index in [0.717, 1.165) is 37.7 Å². The summed E-state index contributed by atoms with van der Waals surface area (Å²) in [5, 5.41) is 6.08. The van der Waals surface area contributed by atoms with E-state index >= 15 is 0 Å². The Morgan fingerprint density at radius 2 is 1.75 bits per heavy atom. The maximum absolute atomic E-state index is 12.9. The number of thiocarbonyl (C=S) groups is 1. The normalized spacial score (nSPS) is 15.1. The lowest BCUT2D eigenvalue weighted by Crippen LogP contribution is -2.38. The van der Waals surface area contributed by atoms with Crippen molar-refractivity contribution in [1.29, 1.82) is 0 Å². The van der Waals surface area contributed by atoms with Crippen molar-refractivity contribution >= 4 is 56.6 Å².